The molecule has 0 saturated carbocycles. The van der Waals surface area contributed by atoms with Crippen molar-refractivity contribution < 1.29 is 0 Å². The van der Waals surface area contributed by atoms with Crippen molar-refractivity contribution in [1.29, 1.82) is 0 Å². The Morgan fingerprint density at radius 2 is 1.85 bits per heavy atom. The average molecular weight is 304 g/mol. The Morgan fingerprint density at radius 3 is 2.55 bits per heavy atom. The minimum Gasteiger partial charge on any atom is -0.340 e. The van der Waals surface area contributed by atoms with Gasteiger partial charge in [0.15, 0.2) is 0 Å². The summed E-state index contributed by atoms with van der Waals surface area (Å²) >= 11 is 7.52. The van der Waals surface area contributed by atoms with Gasteiger partial charge in [0.2, 0.25) is 5.28 Å². The highest BCUT2D eigenvalue weighted by Crippen LogP contribution is 2.29. The molecule has 0 spiro atoms. The maximum Gasteiger partial charge on any atom is 0.225 e. The maximum atomic E-state index is 5.96. The standard InChI is InChI=1S/C15H14ClN3S/c1-9(2)10-3-5-11(6-4-10)17-13-12-7-8-20-14(12)19-15(16)18-13/h3-9H,1-2H3,(H,17,18,19). The van der Waals surface area contributed by atoms with Crippen LogP contribution in [0, 0.1) is 0 Å². The lowest BCUT2D eigenvalue weighted by Gasteiger charge is -2.09. The number of aromatic nitrogens is 2. The number of halogens is 1. The molecule has 5 heteroatoms. The lowest BCUT2D eigenvalue weighted by Crippen LogP contribution is -1.96. The van der Waals surface area contributed by atoms with E-state index in [1.807, 2.05) is 11.4 Å². The van der Waals surface area contributed by atoms with E-state index in [2.05, 4.69) is 53.4 Å². The van der Waals surface area contributed by atoms with Crippen molar-refractivity contribution in [1.82, 2.24) is 9.97 Å². The summed E-state index contributed by atoms with van der Waals surface area (Å²) in [6.07, 6.45) is 0. The first-order valence-electron chi connectivity index (χ1n) is 6.41. The molecule has 0 unspecified atom stereocenters. The molecule has 0 fully saturated rings. The zero-order valence-electron chi connectivity index (χ0n) is 11.2. The highest BCUT2D eigenvalue weighted by atomic mass is 35.5. The fourth-order valence-electron chi connectivity index (χ4n) is 2.01. The zero-order chi connectivity index (χ0) is 14.1. The molecule has 0 amide bonds. The third kappa shape index (κ3) is 2.62. The lowest BCUT2D eigenvalue weighted by molar-refractivity contribution is 0.867. The molecule has 0 saturated heterocycles. The van der Waals surface area contributed by atoms with Crippen LogP contribution in [0.1, 0.15) is 25.3 Å². The minimum absolute atomic E-state index is 0.265. The molecule has 0 aliphatic heterocycles. The van der Waals surface area contributed by atoms with E-state index in [1.54, 1.807) is 11.3 Å². The van der Waals surface area contributed by atoms with Gasteiger partial charge in [-0.1, -0.05) is 26.0 Å². The van der Waals surface area contributed by atoms with Gasteiger partial charge in [-0.3, -0.25) is 0 Å². The van der Waals surface area contributed by atoms with E-state index in [0.717, 1.165) is 21.7 Å². The van der Waals surface area contributed by atoms with Crippen molar-refractivity contribution in [3.63, 3.8) is 0 Å². The van der Waals surface area contributed by atoms with Crippen LogP contribution in [-0.2, 0) is 0 Å². The first-order valence-corrected chi connectivity index (χ1v) is 7.67. The lowest BCUT2D eigenvalue weighted by atomic mass is 10.0. The van der Waals surface area contributed by atoms with E-state index < -0.39 is 0 Å². The summed E-state index contributed by atoms with van der Waals surface area (Å²) in [6, 6.07) is 10.4. The maximum absolute atomic E-state index is 5.96. The van der Waals surface area contributed by atoms with Crippen LogP contribution in [0.15, 0.2) is 35.7 Å². The van der Waals surface area contributed by atoms with Crippen molar-refractivity contribution in [3.8, 4) is 0 Å². The molecule has 1 N–H and O–H groups in total. The number of thiophene rings is 1. The smallest absolute Gasteiger partial charge is 0.225 e. The molecule has 2 heterocycles. The predicted octanol–water partition coefficient (Wildman–Crippen LogP) is 5.21. The number of hydrogen-bond acceptors (Lipinski definition) is 4. The molecule has 1 aromatic carbocycles. The molecule has 0 radical (unpaired) electrons. The molecule has 3 rings (SSSR count). The number of benzene rings is 1. The summed E-state index contributed by atoms with van der Waals surface area (Å²) in [7, 11) is 0. The van der Waals surface area contributed by atoms with E-state index in [9.17, 15) is 0 Å². The van der Waals surface area contributed by atoms with Crippen LogP contribution >= 0.6 is 22.9 Å². The average Bonchev–Trinajstić information content (AvgIpc) is 2.87. The zero-order valence-corrected chi connectivity index (χ0v) is 12.8. The third-order valence-corrected chi connectivity index (χ3v) is 4.11. The summed E-state index contributed by atoms with van der Waals surface area (Å²) in [5.41, 5.74) is 2.31. The quantitative estimate of drug-likeness (QED) is 0.675. The largest absolute Gasteiger partial charge is 0.340 e. The van der Waals surface area contributed by atoms with Gasteiger partial charge in [-0.05, 0) is 46.7 Å². The van der Waals surface area contributed by atoms with Gasteiger partial charge in [0.1, 0.15) is 10.6 Å². The fourth-order valence-corrected chi connectivity index (χ4v) is 3.00. The van der Waals surface area contributed by atoms with Crippen LogP contribution in [0.2, 0.25) is 5.28 Å². The Bertz CT molecular complexity index is 734. The highest BCUT2D eigenvalue weighted by Gasteiger charge is 2.08. The predicted molar refractivity (Wildman–Crippen MR) is 86.2 cm³/mol. The number of fused-ring (bicyclic) bond motifs is 1. The molecule has 102 valence electrons. The van der Waals surface area contributed by atoms with Gasteiger partial charge in [-0.15, -0.1) is 11.3 Å². The number of anilines is 2. The second-order valence-electron chi connectivity index (χ2n) is 4.88. The van der Waals surface area contributed by atoms with Crippen molar-refractivity contribution in [2.45, 2.75) is 19.8 Å². The van der Waals surface area contributed by atoms with E-state index in [4.69, 9.17) is 11.6 Å². The molecule has 0 aliphatic rings. The normalized spacial score (nSPS) is 11.2. The van der Waals surface area contributed by atoms with E-state index in [0.29, 0.717) is 5.92 Å². The highest BCUT2D eigenvalue weighted by molar-refractivity contribution is 7.16. The van der Waals surface area contributed by atoms with Gasteiger partial charge in [-0.2, -0.15) is 4.98 Å². The monoisotopic (exact) mass is 303 g/mol. The summed E-state index contributed by atoms with van der Waals surface area (Å²) in [5.74, 6) is 1.28. The Hall–Kier alpha value is -1.65. The Labute approximate surface area is 126 Å². The molecule has 2 aromatic heterocycles. The van der Waals surface area contributed by atoms with Crippen LogP contribution in [0.3, 0.4) is 0 Å². The summed E-state index contributed by atoms with van der Waals surface area (Å²) in [4.78, 5) is 9.38. The van der Waals surface area contributed by atoms with Gasteiger partial charge in [0, 0.05) is 5.69 Å². The Kier molecular flexibility index (Phi) is 3.59. The molecule has 3 nitrogen and oxygen atoms in total. The van der Waals surface area contributed by atoms with Crippen molar-refractivity contribution >= 4 is 44.7 Å². The van der Waals surface area contributed by atoms with Crippen molar-refractivity contribution in [3.05, 3.63) is 46.6 Å². The van der Waals surface area contributed by atoms with E-state index in [-0.39, 0.29) is 5.28 Å². The first kappa shape index (κ1) is 13.3. The molecular weight excluding hydrogens is 290 g/mol. The molecule has 0 atom stereocenters. The SMILES string of the molecule is CC(C)c1ccc(Nc2nc(Cl)nc3sccc23)cc1. The molecule has 0 bridgehead atoms. The van der Waals surface area contributed by atoms with E-state index >= 15 is 0 Å². The van der Waals surface area contributed by atoms with Crippen molar-refractivity contribution in [2.24, 2.45) is 0 Å². The molecule has 3 aromatic rings. The summed E-state index contributed by atoms with van der Waals surface area (Å²) in [6.45, 7) is 4.36. The Balaban J connectivity index is 1.94. The van der Waals surface area contributed by atoms with Crippen LogP contribution < -0.4 is 5.32 Å². The topological polar surface area (TPSA) is 37.8 Å². The van der Waals surface area contributed by atoms with Crippen LogP contribution in [0.4, 0.5) is 11.5 Å². The molecule has 0 aliphatic carbocycles. The van der Waals surface area contributed by atoms with Gasteiger partial charge in [-0.25, -0.2) is 4.98 Å². The minimum atomic E-state index is 0.265. The summed E-state index contributed by atoms with van der Waals surface area (Å²) in [5, 5.41) is 6.56. The second-order valence-corrected chi connectivity index (χ2v) is 6.12. The van der Waals surface area contributed by atoms with Crippen LogP contribution in [-0.4, -0.2) is 9.97 Å². The third-order valence-electron chi connectivity index (χ3n) is 3.14. The second kappa shape index (κ2) is 5.38. The molecule has 20 heavy (non-hydrogen) atoms. The summed E-state index contributed by atoms with van der Waals surface area (Å²) < 4.78 is 0. The number of nitrogens with one attached hydrogen (secondary N) is 1. The van der Waals surface area contributed by atoms with Crippen LogP contribution in [0.25, 0.3) is 10.2 Å². The van der Waals surface area contributed by atoms with Gasteiger partial charge < -0.3 is 5.32 Å². The van der Waals surface area contributed by atoms with E-state index in [1.165, 1.54) is 5.56 Å². The number of nitrogens with zero attached hydrogens (tertiary/aromatic N) is 2. The first-order chi connectivity index (χ1) is 9.63. The van der Waals surface area contributed by atoms with Gasteiger partial charge in [0.25, 0.3) is 0 Å². The Morgan fingerprint density at radius 1 is 1.10 bits per heavy atom. The van der Waals surface area contributed by atoms with Gasteiger partial charge >= 0.3 is 0 Å². The number of hydrogen-bond donors (Lipinski definition) is 1. The fraction of sp³-hybridized carbons (Fsp3) is 0.200. The number of rotatable bonds is 3. The van der Waals surface area contributed by atoms with Crippen LogP contribution in [0.5, 0.6) is 0 Å². The van der Waals surface area contributed by atoms with Gasteiger partial charge in [0.05, 0.1) is 5.39 Å². The van der Waals surface area contributed by atoms with Crippen molar-refractivity contribution in [2.75, 3.05) is 5.32 Å². The molecular formula is C15H14ClN3S.